The Bertz CT molecular complexity index is 258. The molecule has 11 heavy (non-hydrogen) atoms. The highest BCUT2D eigenvalue weighted by atomic mass is 16.5. The number of hydrogen-bond acceptors (Lipinski definition) is 3. The minimum atomic E-state index is 0.138. The zero-order valence-corrected chi connectivity index (χ0v) is 6.64. The lowest BCUT2D eigenvalue weighted by Crippen LogP contribution is -2.13. The summed E-state index contributed by atoms with van der Waals surface area (Å²) < 4.78 is 4.89. The Kier molecular flexibility index (Phi) is 1.94. The van der Waals surface area contributed by atoms with Crippen LogP contribution in [-0.4, -0.2) is 11.0 Å². The summed E-state index contributed by atoms with van der Waals surface area (Å²) in [4.78, 5) is 0. The molecule has 1 aromatic heterocycles. The molecular weight excluding hydrogens is 142 g/mol. The van der Waals surface area contributed by atoms with E-state index in [1.165, 1.54) is 0 Å². The summed E-state index contributed by atoms with van der Waals surface area (Å²) in [6.07, 6.45) is 0.432. The van der Waals surface area contributed by atoms with E-state index in [-0.39, 0.29) is 5.84 Å². The van der Waals surface area contributed by atoms with Crippen molar-refractivity contribution in [3.63, 3.8) is 0 Å². The summed E-state index contributed by atoms with van der Waals surface area (Å²) in [5.41, 5.74) is 6.98. The molecule has 0 saturated heterocycles. The van der Waals surface area contributed by atoms with Crippen LogP contribution < -0.4 is 5.73 Å². The van der Waals surface area contributed by atoms with Gasteiger partial charge in [0.25, 0.3) is 0 Å². The highest BCUT2D eigenvalue weighted by molar-refractivity contribution is 5.79. The van der Waals surface area contributed by atoms with Gasteiger partial charge in [-0.25, -0.2) is 0 Å². The molecule has 4 nitrogen and oxygen atoms in total. The van der Waals surface area contributed by atoms with Crippen LogP contribution in [0.2, 0.25) is 0 Å². The predicted octanol–water partition coefficient (Wildman–Crippen LogP) is 0.770. The SMILES string of the molecule is Cc1noc(C)c1CC(=N)N. The van der Waals surface area contributed by atoms with Crippen LogP contribution in [0.1, 0.15) is 17.0 Å². The van der Waals surface area contributed by atoms with Crippen LogP contribution in [0.25, 0.3) is 0 Å². The number of aromatic nitrogens is 1. The molecule has 0 saturated carbocycles. The van der Waals surface area contributed by atoms with Crippen molar-refractivity contribution in [2.45, 2.75) is 20.3 Å². The van der Waals surface area contributed by atoms with E-state index in [4.69, 9.17) is 15.7 Å². The zero-order valence-electron chi connectivity index (χ0n) is 6.64. The minimum absolute atomic E-state index is 0.138. The first-order valence-electron chi connectivity index (χ1n) is 3.36. The second-order valence-electron chi connectivity index (χ2n) is 2.50. The Hall–Kier alpha value is -1.32. The third kappa shape index (κ3) is 1.58. The fourth-order valence-electron chi connectivity index (χ4n) is 0.945. The van der Waals surface area contributed by atoms with Gasteiger partial charge in [0.15, 0.2) is 0 Å². The smallest absolute Gasteiger partial charge is 0.137 e. The largest absolute Gasteiger partial charge is 0.387 e. The summed E-state index contributed by atoms with van der Waals surface area (Å²) >= 11 is 0. The van der Waals surface area contributed by atoms with Crippen molar-refractivity contribution in [3.05, 3.63) is 17.0 Å². The van der Waals surface area contributed by atoms with Crippen LogP contribution in [0, 0.1) is 19.3 Å². The van der Waals surface area contributed by atoms with E-state index >= 15 is 0 Å². The Balaban J connectivity index is 2.92. The Labute approximate surface area is 64.9 Å². The normalized spacial score (nSPS) is 10.0. The Morgan fingerprint density at radius 1 is 1.64 bits per heavy atom. The van der Waals surface area contributed by atoms with Gasteiger partial charge in [0.1, 0.15) is 5.76 Å². The lowest BCUT2D eigenvalue weighted by atomic mass is 10.1. The zero-order chi connectivity index (χ0) is 8.43. The molecule has 60 valence electrons. The molecule has 0 bridgehead atoms. The van der Waals surface area contributed by atoms with Crippen LogP contribution in [0.15, 0.2) is 4.52 Å². The van der Waals surface area contributed by atoms with Gasteiger partial charge < -0.3 is 10.3 Å². The van der Waals surface area contributed by atoms with Crippen molar-refractivity contribution in [1.29, 1.82) is 5.41 Å². The summed E-state index contributed by atoms with van der Waals surface area (Å²) in [6.45, 7) is 3.66. The van der Waals surface area contributed by atoms with Gasteiger partial charge in [0, 0.05) is 12.0 Å². The van der Waals surface area contributed by atoms with Crippen molar-refractivity contribution >= 4 is 5.84 Å². The number of hydrogen-bond donors (Lipinski definition) is 2. The van der Waals surface area contributed by atoms with Crippen LogP contribution in [0.4, 0.5) is 0 Å². The number of nitrogens with two attached hydrogens (primary N) is 1. The van der Waals surface area contributed by atoms with E-state index in [9.17, 15) is 0 Å². The van der Waals surface area contributed by atoms with E-state index in [0.29, 0.717) is 6.42 Å². The van der Waals surface area contributed by atoms with Gasteiger partial charge in [-0.15, -0.1) is 0 Å². The number of nitrogens with zero attached hydrogens (tertiary/aromatic N) is 1. The molecule has 0 aromatic carbocycles. The summed E-state index contributed by atoms with van der Waals surface area (Å²) in [5.74, 6) is 0.886. The van der Waals surface area contributed by atoms with Crippen LogP contribution >= 0.6 is 0 Å². The number of rotatable bonds is 2. The van der Waals surface area contributed by atoms with Gasteiger partial charge in [-0.05, 0) is 13.8 Å². The Morgan fingerprint density at radius 2 is 2.27 bits per heavy atom. The highest BCUT2D eigenvalue weighted by Gasteiger charge is 2.08. The predicted molar refractivity (Wildman–Crippen MR) is 41.6 cm³/mol. The fourth-order valence-corrected chi connectivity index (χ4v) is 0.945. The van der Waals surface area contributed by atoms with Crippen molar-refractivity contribution in [2.24, 2.45) is 5.73 Å². The van der Waals surface area contributed by atoms with Crippen LogP contribution in [-0.2, 0) is 6.42 Å². The summed E-state index contributed by atoms with van der Waals surface area (Å²) in [7, 11) is 0. The Morgan fingerprint density at radius 3 is 2.64 bits per heavy atom. The van der Waals surface area contributed by atoms with E-state index in [2.05, 4.69) is 5.16 Å². The molecule has 4 heteroatoms. The maximum Gasteiger partial charge on any atom is 0.137 e. The van der Waals surface area contributed by atoms with E-state index in [1.54, 1.807) is 0 Å². The fraction of sp³-hybridized carbons (Fsp3) is 0.429. The van der Waals surface area contributed by atoms with Crippen molar-refractivity contribution in [3.8, 4) is 0 Å². The average Bonchev–Trinajstić information content (AvgIpc) is 2.18. The lowest BCUT2D eigenvalue weighted by Gasteiger charge is -1.95. The highest BCUT2D eigenvalue weighted by Crippen LogP contribution is 2.11. The summed E-state index contributed by atoms with van der Waals surface area (Å²) in [5, 5.41) is 10.8. The minimum Gasteiger partial charge on any atom is -0.387 e. The summed E-state index contributed by atoms with van der Waals surface area (Å²) in [6, 6.07) is 0. The van der Waals surface area contributed by atoms with Gasteiger partial charge in [-0.3, -0.25) is 5.41 Å². The number of amidine groups is 1. The first-order valence-corrected chi connectivity index (χ1v) is 3.36. The number of aryl methyl sites for hydroxylation is 2. The average molecular weight is 153 g/mol. The van der Waals surface area contributed by atoms with Gasteiger partial charge in [0.2, 0.25) is 0 Å². The first-order chi connectivity index (χ1) is 5.11. The van der Waals surface area contributed by atoms with Crippen molar-refractivity contribution in [2.75, 3.05) is 0 Å². The monoisotopic (exact) mass is 153 g/mol. The lowest BCUT2D eigenvalue weighted by molar-refractivity contribution is 0.392. The van der Waals surface area contributed by atoms with Gasteiger partial charge in [-0.2, -0.15) is 0 Å². The van der Waals surface area contributed by atoms with Gasteiger partial charge in [0.05, 0.1) is 11.5 Å². The van der Waals surface area contributed by atoms with E-state index in [1.807, 2.05) is 13.8 Å². The molecule has 0 unspecified atom stereocenters. The maximum absolute atomic E-state index is 7.07. The topological polar surface area (TPSA) is 75.9 Å². The van der Waals surface area contributed by atoms with Crippen LogP contribution in [0.3, 0.4) is 0 Å². The molecule has 0 aliphatic carbocycles. The second kappa shape index (κ2) is 2.74. The quantitative estimate of drug-likeness (QED) is 0.486. The van der Waals surface area contributed by atoms with Gasteiger partial charge in [-0.1, -0.05) is 5.16 Å². The third-order valence-electron chi connectivity index (χ3n) is 1.55. The molecule has 0 aliphatic rings. The van der Waals surface area contributed by atoms with Crippen LogP contribution in [0.5, 0.6) is 0 Å². The molecule has 0 spiro atoms. The molecule has 3 N–H and O–H groups in total. The molecule has 1 aromatic rings. The molecule has 0 aliphatic heterocycles. The molecule has 0 amide bonds. The maximum atomic E-state index is 7.07. The molecule has 1 heterocycles. The molecule has 0 fully saturated rings. The van der Waals surface area contributed by atoms with Gasteiger partial charge >= 0.3 is 0 Å². The molecule has 1 rings (SSSR count). The van der Waals surface area contributed by atoms with E-state index in [0.717, 1.165) is 17.0 Å². The van der Waals surface area contributed by atoms with Crippen molar-refractivity contribution < 1.29 is 4.52 Å². The number of nitrogens with one attached hydrogen (secondary N) is 1. The first kappa shape index (κ1) is 7.78. The van der Waals surface area contributed by atoms with E-state index < -0.39 is 0 Å². The standard InChI is InChI=1S/C7H11N3O/c1-4-6(3-7(8)9)5(2)11-10-4/h3H2,1-2H3,(H3,8,9). The second-order valence-corrected chi connectivity index (χ2v) is 2.50. The molecular formula is C7H11N3O. The third-order valence-corrected chi connectivity index (χ3v) is 1.55. The van der Waals surface area contributed by atoms with Crippen molar-refractivity contribution in [1.82, 2.24) is 5.16 Å². The molecule has 0 radical (unpaired) electrons. The molecule has 0 atom stereocenters.